The van der Waals surface area contributed by atoms with Gasteiger partial charge in [-0.3, -0.25) is 0 Å². The van der Waals surface area contributed by atoms with E-state index in [1.165, 1.54) is 6.07 Å². The molecule has 24 heavy (non-hydrogen) atoms. The molecule has 0 atom stereocenters. The van der Waals surface area contributed by atoms with Gasteiger partial charge in [-0.2, -0.15) is 0 Å². The SMILES string of the molecule is Fc1ccccc1N1CCN(C(=S)Nc2ccc(Cl)cc2Cl)CC1. The standard InChI is InChI=1S/C17H16Cl2FN3S/c18-12-5-6-15(13(19)11-12)21-17(24)23-9-7-22(8-10-23)16-4-2-1-3-14(16)20/h1-6,11H,7-10H2,(H,21,24). The fourth-order valence-corrected chi connectivity index (χ4v) is 3.39. The van der Waals surface area contributed by atoms with Crippen LogP contribution in [0.5, 0.6) is 0 Å². The van der Waals surface area contributed by atoms with Crippen molar-refractivity contribution in [2.75, 3.05) is 36.4 Å². The lowest BCUT2D eigenvalue weighted by atomic mass is 10.2. The van der Waals surface area contributed by atoms with E-state index < -0.39 is 0 Å². The number of hydrogen-bond donors (Lipinski definition) is 1. The van der Waals surface area contributed by atoms with Crippen LogP contribution < -0.4 is 10.2 Å². The van der Waals surface area contributed by atoms with Gasteiger partial charge < -0.3 is 15.1 Å². The molecule has 1 aliphatic rings. The van der Waals surface area contributed by atoms with E-state index in [4.69, 9.17) is 35.4 Å². The number of benzene rings is 2. The Hall–Kier alpha value is -1.56. The number of anilines is 2. The minimum Gasteiger partial charge on any atom is -0.366 e. The highest BCUT2D eigenvalue weighted by Gasteiger charge is 2.21. The molecule has 1 aliphatic heterocycles. The lowest BCUT2D eigenvalue weighted by Gasteiger charge is -2.37. The summed E-state index contributed by atoms with van der Waals surface area (Å²) in [6.07, 6.45) is 0. The van der Waals surface area contributed by atoms with E-state index in [0.717, 1.165) is 5.69 Å². The van der Waals surface area contributed by atoms with Gasteiger partial charge in [0.1, 0.15) is 5.82 Å². The van der Waals surface area contributed by atoms with Gasteiger partial charge in [-0.1, -0.05) is 35.3 Å². The largest absolute Gasteiger partial charge is 0.366 e. The van der Waals surface area contributed by atoms with Gasteiger partial charge in [0.2, 0.25) is 0 Å². The number of rotatable bonds is 2. The maximum Gasteiger partial charge on any atom is 0.173 e. The monoisotopic (exact) mass is 383 g/mol. The van der Waals surface area contributed by atoms with E-state index >= 15 is 0 Å². The van der Waals surface area contributed by atoms with Gasteiger partial charge in [-0.25, -0.2) is 4.39 Å². The maximum absolute atomic E-state index is 13.9. The zero-order chi connectivity index (χ0) is 17.1. The Morgan fingerprint density at radius 2 is 1.75 bits per heavy atom. The zero-order valence-corrected chi connectivity index (χ0v) is 15.1. The number of nitrogens with zero attached hydrogens (tertiary/aromatic N) is 2. The lowest BCUT2D eigenvalue weighted by molar-refractivity contribution is 0.388. The number of nitrogens with one attached hydrogen (secondary N) is 1. The summed E-state index contributed by atoms with van der Waals surface area (Å²) in [6, 6.07) is 12.1. The first kappa shape index (κ1) is 17.3. The number of thiocarbonyl (C=S) groups is 1. The van der Waals surface area contributed by atoms with Crippen molar-refractivity contribution in [2.24, 2.45) is 0 Å². The summed E-state index contributed by atoms with van der Waals surface area (Å²) >= 11 is 17.5. The van der Waals surface area contributed by atoms with Gasteiger partial charge in [0.15, 0.2) is 5.11 Å². The molecule has 0 unspecified atom stereocenters. The summed E-state index contributed by atoms with van der Waals surface area (Å²) < 4.78 is 13.9. The first-order valence-electron chi connectivity index (χ1n) is 7.55. The van der Waals surface area contributed by atoms with Gasteiger partial charge in [-0.15, -0.1) is 0 Å². The smallest absolute Gasteiger partial charge is 0.173 e. The molecule has 0 amide bonds. The predicted molar refractivity (Wildman–Crippen MR) is 103 cm³/mol. The van der Waals surface area contributed by atoms with Crippen molar-refractivity contribution < 1.29 is 4.39 Å². The molecule has 126 valence electrons. The van der Waals surface area contributed by atoms with Crippen LogP contribution in [0.2, 0.25) is 10.0 Å². The molecule has 0 saturated carbocycles. The molecule has 3 nitrogen and oxygen atoms in total. The van der Waals surface area contributed by atoms with Crippen molar-refractivity contribution in [1.82, 2.24) is 4.90 Å². The minimum absolute atomic E-state index is 0.195. The van der Waals surface area contributed by atoms with E-state index in [-0.39, 0.29) is 5.82 Å². The van der Waals surface area contributed by atoms with Gasteiger partial charge in [0, 0.05) is 31.2 Å². The van der Waals surface area contributed by atoms with Crippen molar-refractivity contribution >= 4 is 51.9 Å². The third-order valence-electron chi connectivity index (χ3n) is 3.93. The first-order chi connectivity index (χ1) is 11.5. The molecular weight excluding hydrogens is 368 g/mol. The fraction of sp³-hybridized carbons (Fsp3) is 0.235. The van der Waals surface area contributed by atoms with Gasteiger partial charge in [-0.05, 0) is 42.5 Å². The molecule has 3 rings (SSSR count). The van der Waals surface area contributed by atoms with Crippen LogP contribution in [0.15, 0.2) is 42.5 Å². The highest BCUT2D eigenvalue weighted by molar-refractivity contribution is 7.80. The normalized spacial score (nSPS) is 14.6. The molecule has 7 heteroatoms. The Morgan fingerprint density at radius 3 is 2.42 bits per heavy atom. The van der Waals surface area contributed by atoms with Crippen molar-refractivity contribution in [1.29, 1.82) is 0 Å². The van der Waals surface area contributed by atoms with E-state index in [1.54, 1.807) is 30.3 Å². The van der Waals surface area contributed by atoms with E-state index in [1.807, 2.05) is 11.0 Å². The second-order valence-corrected chi connectivity index (χ2v) is 6.71. The van der Waals surface area contributed by atoms with Gasteiger partial charge in [0.05, 0.1) is 16.4 Å². The van der Waals surface area contributed by atoms with Crippen LogP contribution in [-0.4, -0.2) is 36.2 Å². The van der Waals surface area contributed by atoms with Crippen molar-refractivity contribution in [3.8, 4) is 0 Å². The van der Waals surface area contributed by atoms with Crippen molar-refractivity contribution in [3.63, 3.8) is 0 Å². The molecule has 1 N–H and O–H groups in total. The second kappa shape index (κ2) is 7.55. The van der Waals surface area contributed by atoms with Crippen LogP contribution >= 0.6 is 35.4 Å². The lowest BCUT2D eigenvalue weighted by Crippen LogP contribution is -2.50. The summed E-state index contributed by atoms with van der Waals surface area (Å²) in [5.74, 6) is -0.195. The molecule has 2 aromatic carbocycles. The Labute approximate surface area is 156 Å². The average Bonchev–Trinajstić information content (AvgIpc) is 2.58. The number of hydrogen-bond acceptors (Lipinski definition) is 2. The van der Waals surface area contributed by atoms with Gasteiger partial charge in [0.25, 0.3) is 0 Å². The summed E-state index contributed by atoms with van der Waals surface area (Å²) in [5, 5.41) is 4.85. The summed E-state index contributed by atoms with van der Waals surface area (Å²) in [6.45, 7) is 2.84. The van der Waals surface area contributed by atoms with Crippen LogP contribution in [0.3, 0.4) is 0 Å². The Morgan fingerprint density at radius 1 is 1.04 bits per heavy atom. The molecule has 0 aliphatic carbocycles. The molecule has 2 aromatic rings. The fourth-order valence-electron chi connectivity index (χ4n) is 2.64. The van der Waals surface area contributed by atoms with Crippen LogP contribution in [0.4, 0.5) is 15.8 Å². The van der Waals surface area contributed by atoms with Crippen LogP contribution in [0.25, 0.3) is 0 Å². The molecule has 0 radical (unpaired) electrons. The average molecular weight is 384 g/mol. The van der Waals surface area contributed by atoms with E-state index in [0.29, 0.717) is 47.0 Å². The Balaban J connectivity index is 1.60. The number of piperazine rings is 1. The molecule has 1 heterocycles. The second-order valence-electron chi connectivity index (χ2n) is 5.48. The van der Waals surface area contributed by atoms with Crippen molar-refractivity contribution in [3.05, 3.63) is 58.3 Å². The maximum atomic E-state index is 13.9. The van der Waals surface area contributed by atoms with Crippen LogP contribution in [-0.2, 0) is 0 Å². The molecule has 0 aromatic heterocycles. The minimum atomic E-state index is -0.195. The third kappa shape index (κ3) is 3.91. The molecular formula is C17H16Cl2FN3S. The Kier molecular flexibility index (Phi) is 5.43. The molecule has 0 spiro atoms. The van der Waals surface area contributed by atoms with Crippen LogP contribution in [0, 0.1) is 5.82 Å². The first-order valence-corrected chi connectivity index (χ1v) is 8.71. The molecule has 1 fully saturated rings. The highest BCUT2D eigenvalue weighted by atomic mass is 35.5. The molecule has 0 bridgehead atoms. The van der Waals surface area contributed by atoms with Crippen LogP contribution in [0.1, 0.15) is 0 Å². The van der Waals surface area contributed by atoms with Gasteiger partial charge >= 0.3 is 0 Å². The van der Waals surface area contributed by atoms with E-state index in [9.17, 15) is 4.39 Å². The predicted octanol–water partition coefficient (Wildman–Crippen LogP) is 4.65. The summed E-state index contributed by atoms with van der Waals surface area (Å²) in [4.78, 5) is 4.08. The zero-order valence-electron chi connectivity index (χ0n) is 12.8. The highest BCUT2D eigenvalue weighted by Crippen LogP contribution is 2.26. The quantitative estimate of drug-likeness (QED) is 0.760. The number of para-hydroxylation sites is 1. The van der Waals surface area contributed by atoms with Crippen molar-refractivity contribution in [2.45, 2.75) is 0 Å². The Bertz CT molecular complexity index is 748. The summed E-state index contributed by atoms with van der Waals surface area (Å²) in [5.41, 5.74) is 1.36. The topological polar surface area (TPSA) is 18.5 Å². The van der Waals surface area contributed by atoms with E-state index in [2.05, 4.69) is 10.2 Å². The number of halogens is 3. The third-order valence-corrected chi connectivity index (χ3v) is 4.84. The molecule has 1 saturated heterocycles. The summed E-state index contributed by atoms with van der Waals surface area (Å²) in [7, 11) is 0.